The second-order valence-corrected chi connectivity index (χ2v) is 7.28. The summed E-state index contributed by atoms with van der Waals surface area (Å²) in [5, 5.41) is 2.19. The van der Waals surface area contributed by atoms with Gasteiger partial charge in [-0.2, -0.15) is 0 Å². The molecule has 20 heavy (non-hydrogen) atoms. The van der Waals surface area contributed by atoms with E-state index < -0.39 is 0 Å². The van der Waals surface area contributed by atoms with E-state index in [-0.39, 0.29) is 5.41 Å². The molecule has 0 aromatic carbocycles. The predicted molar refractivity (Wildman–Crippen MR) is 86.4 cm³/mol. The van der Waals surface area contributed by atoms with Gasteiger partial charge in [0.05, 0.1) is 6.54 Å². The summed E-state index contributed by atoms with van der Waals surface area (Å²) >= 11 is 1.88. The van der Waals surface area contributed by atoms with Crippen LogP contribution in [0.1, 0.15) is 49.8 Å². The van der Waals surface area contributed by atoms with E-state index in [1.165, 1.54) is 49.8 Å². The Morgan fingerprint density at radius 2 is 2.15 bits per heavy atom. The highest BCUT2D eigenvalue weighted by atomic mass is 32.1. The van der Waals surface area contributed by atoms with Crippen molar-refractivity contribution >= 4 is 17.3 Å². The molecule has 110 valence electrons. The van der Waals surface area contributed by atoms with Crippen LogP contribution in [0.15, 0.2) is 22.5 Å². The van der Waals surface area contributed by atoms with Crippen LogP contribution < -0.4 is 5.73 Å². The monoisotopic (exact) mass is 291 g/mol. The van der Waals surface area contributed by atoms with Gasteiger partial charge in [-0.1, -0.05) is 25.3 Å². The van der Waals surface area contributed by atoms with Crippen LogP contribution in [0.4, 0.5) is 0 Å². The highest BCUT2D eigenvalue weighted by Gasteiger charge is 2.35. The molecule has 0 atom stereocenters. The van der Waals surface area contributed by atoms with Gasteiger partial charge in [0.25, 0.3) is 0 Å². The molecular formula is C16H25N3S. The molecule has 0 aliphatic heterocycles. The molecule has 2 saturated carbocycles. The summed E-state index contributed by atoms with van der Waals surface area (Å²) in [6.45, 7) is 0.858. The van der Waals surface area contributed by atoms with Crippen molar-refractivity contribution in [1.29, 1.82) is 0 Å². The van der Waals surface area contributed by atoms with Crippen LogP contribution in [-0.2, 0) is 5.41 Å². The number of aliphatic imine (C=N–C) groups is 1. The minimum absolute atomic E-state index is 0.251. The normalized spacial score (nSPS) is 22.8. The molecule has 0 spiro atoms. The summed E-state index contributed by atoms with van der Waals surface area (Å²) in [6, 6.07) is 5.09. The number of nitrogens with zero attached hydrogens (tertiary/aromatic N) is 2. The van der Waals surface area contributed by atoms with Crippen LogP contribution in [0.5, 0.6) is 0 Å². The average Bonchev–Trinajstić information content (AvgIpc) is 3.18. The van der Waals surface area contributed by atoms with Crippen LogP contribution in [0.3, 0.4) is 0 Å². The minimum atomic E-state index is 0.251. The Hall–Kier alpha value is -1.03. The van der Waals surface area contributed by atoms with Crippen LogP contribution in [0.25, 0.3) is 0 Å². The average molecular weight is 291 g/mol. The third-order valence-electron chi connectivity index (χ3n) is 4.85. The molecule has 2 aliphatic rings. The topological polar surface area (TPSA) is 41.6 Å². The Morgan fingerprint density at radius 1 is 1.40 bits per heavy atom. The lowest BCUT2D eigenvalue weighted by molar-refractivity contribution is 0.305. The third kappa shape index (κ3) is 2.85. The van der Waals surface area contributed by atoms with E-state index in [9.17, 15) is 0 Å². The first-order chi connectivity index (χ1) is 9.71. The minimum Gasteiger partial charge on any atom is -0.370 e. The quantitative estimate of drug-likeness (QED) is 0.682. The van der Waals surface area contributed by atoms with E-state index in [4.69, 9.17) is 10.7 Å². The van der Waals surface area contributed by atoms with Gasteiger partial charge in [0.2, 0.25) is 0 Å². The summed E-state index contributed by atoms with van der Waals surface area (Å²) in [4.78, 5) is 8.42. The van der Waals surface area contributed by atoms with Crippen molar-refractivity contribution in [3.8, 4) is 0 Å². The zero-order chi connectivity index (χ0) is 14.0. The second-order valence-electron chi connectivity index (χ2n) is 6.33. The molecule has 2 fully saturated rings. The lowest BCUT2D eigenvalue weighted by Crippen LogP contribution is -2.38. The molecule has 0 amide bonds. The third-order valence-corrected chi connectivity index (χ3v) is 5.97. The maximum absolute atomic E-state index is 6.17. The van der Waals surface area contributed by atoms with Gasteiger partial charge >= 0.3 is 0 Å². The fourth-order valence-electron chi connectivity index (χ4n) is 3.28. The first kappa shape index (κ1) is 13.9. The lowest BCUT2D eigenvalue weighted by Gasteiger charge is -2.35. The van der Waals surface area contributed by atoms with Gasteiger partial charge in [0.1, 0.15) is 0 Å². The Balaban J connectivity index is 1.75. The largest absolute Gasteiger partial charge is 0.370 e. The Bertz CT molecular complexity index is 456. The molecule has 1 aromatic rings. The molecule has 0 saturated heterocycles. The molecule has 0 radical (unpaired) electrons. The van der Waals surface area contributed by atoms with E-state index in [1.807, 2.05) is 11.3 Å². The number of hydrogen-bond acceptors (Lipinski definition) is 2. The fourth-order valence-corrected chi connectivity index (χ4v) is 4.26. The highest BCUT2D eigenvalue weighted by Crippen LogP contribution is 2.41. The standard InChI is InChI=1S/C16H25N3S/c1-19(13-7-8-13)15(17)18-12-16(9-3-2-4-10-16)14-6-5-11-20-14/h5-6,11,13H,2-4,7-10,12H2,1H3,(H2,17,18). The van der Waals surface area contributed by atoms with Crippen molar-refractivity contribution in [2.75, 3.05) is 13.6 Å². The SMILES string of the molecule is CN(C(N)=NCC1(c2cccs2)CCCCC1)C1CC1. The van der Waals surface area contributed by atoms with Gasteiger partial charge in [0.15, 0.2) is 5.96 Å². The predicted octanol–water partition coefficient (Wildman–Crippen LogP) is 3.36. The zero-order valence-corrected chi connectivity index (χ0v) is 13.2. The van der Waals surface area contributed by atoms with Gasteiger partial charge in [-0.25, -0.2) is 0 Å². The number of guanidine groups is 1. The number of hydrogen-bond donors (Lipinski definition) is 1. The zero-order valence-electron chi connectivity index (χ0n) is 12.3. The maximum Gasteiger partial charge on any atom is 0.191 e. The first-order valence-electron chi connectivity index (χ1n) is 7.78. The van der Waals surface area contributed by atoms with E-state index in [1.54, 1.807) is 0 Å². The maximum atomic E-state index is 6.17. The van der Waals surface area contributed by atoms with Crippen LogP contribution >= 0.6 is 11.3 Å². The van der Waals surface area contributed by atoms with Crippen molar-refractivity contribution in [2.45, 2.75) is 56.4 Å². The van der Waals surface area contributed by atoms with E-state index in [2.05, 4.69) is 29.5 Å². The number of thiophene rings is 1. The number of rotatable bonds is 4. The summed E-state index contributed by atoms with van der Waals surface area (Å²) in [6.07, 6.45) is 9.08. The van der Waals surface area contributed by atoms with Crippen molar-refractivity contribution in [2.24, 2.45) is 10.7 Å². The molecule has 2 N–H and O–H groups in total. The van der Waals surface area contributed by atoms with E-state index >= 15 is 0 Å². The van der Waals surface area contributed by atoms with Crippen molar-refractivity contribution in [3.63, 3.8) is 0 Å². The van der Waals surface area contributed by atoms with Crippen LogP contribution in [0.2, 0.25) is 0 Å². The molecule has 2 aliphatic carbocycles. The summed E-state index contributed by atoms with van der Waals surface area (Å²) in [7, 11) is 2.08. The van der Waals surface area contributed by atoms with E-state index in [0.717, 1.165) is 12.5 Å². The second kappa shape index (κ2) is 5.76. The van der Waals surface area contributed by atoms with Crippen LogP contribution in [-0.4, -0.2) is 30.5 Å². The summed E-state index contributed by atoms with van der Waals surface area (Å²) < 4.78 is 0. The Morgan fingerprint density at radius 3 is 2.75 bits per heavy atom. The molecule has 4 heteroatoms. The Labute approximate surface area is 125 Å². The van der Waals surface area contributed by atoms with Crippen LogP contribution in [0, 0.1) is 0 Å². The highest BCUT2D eigenvalue weighted by molar-refractivity contribution is 7.10. The molecule has 0 bridgehead atoms. The lowest BCUT2D eigenvalue weighted by atomic mass is 9.73. The van der Waals surface area contributed by atoms with Crippen molar-refractivity contribution in [1.82, 2.24) is 4.90 Å². The summed E-state index contributed by atoms with van der Waals surface area (Å²) in [5.41, 5.74) is 6.42. The molecular weight excluding hydrogens is 266 g/mol. The first-order valence-corrected chi connectivity index (χ1v) is 8.66. The molecule has 3 nitrogen and oxygen atoms in total. The molecule has 1 heterocycles. The van der Waals surface area contributed by atoms with Crippen molar-refractivity contribution < 1.29 is 0 Å². The van der Waals surface area contributed by atoms with Gasteiger partial charge in [-0.05, 0) is 37.1 Å². The van der Waals surface area contributed by atoms with Crippen molar-refractivity contribution in [3.05, 3.63) is 22.4 Å². The van der Waals surface area contributed by atoms with Gasteiger partial charge in [-0.15, -0.1) is 11.3 Å². The summed E-state index contributed by atoms with van der Waals surface area (Å²) in [5.74, 6) is 0.731. The smallest absolute Gasteiger partial charge is 0.191 e. The number of nitrogens with two attached hydrogens (primary N) is 1. The molecule has 3 rings (SSSR count). The van der Waals surface area contributed by atoms with Gasteiger partial charge < -0.3 is 10.6 Å². The van der Waals surface area contributed by atoms with Gasteiger partial charge in [-0.3, -0.25) is 4.99 Å². The molecule has 1 aromatic heterocycles. The van der Waals surface area contributed by atoms with Gasteiger partial charge in [0, 0.05) is 23.4 Å². The Kier molecular flexibility index (Phi) is 4.01. The fraction of sp³-hybridized carbons (Fsp3) is 0.688. The van der Waals surface area contributed by atoms with E-state index in [0.29, 0.717) is 6.04 Å². The molecule has 0 unspecified atom stereocenters.